The van der Waals surface area contributed by atoms with Crippen LogP contribution < -0.4 is 5.32 Å². The van der Waals surface area contributed by atoms with E-state index in [9.17, 15) is 9.18 Å². The van der Waals surface area contributed by atoms with E-state index in [4.69, 9.17) is 0 Å². The normalized spacial score (nSPS) is 10.9. The molecule has 1 heterocycles. The number of benzene rings is 2. The van der Waals surface area contributed by atoms with Crippen molar-refractivity contribution in [2.75, 3.05) is 5.32 Å². The molecule has 118 valence electrons. The number of aromatic amines is 1. The van der Waals surface area contributed by atoms with Crippen LogP contribution in [0.1, 0.15) is 26.2 Å². The van der Waals surface area contributed by atoms with Crippen LogP contribution in [0.15, 0.2) is 48.5 Å². The van der Waals surface area contributed by atoms with Gasteiger partial charge in [-0.05, 0) is 48.4 Å². The van der Waals surface area contributed by atoms with Crippen LogP contribution in [-0.2, 0) is 4.79 Å². The molecule has 2 N–H and O–H groups in total. The first-order chi connectivity index (χ1) is 11.2. The molecule has 3 aromatic rings. The molecule has 0 unspecified atom stereocenters. The Balaban J connectivity index is 1.76. The quantitative estimate of drug-likeness (QED) is 0.676. The van der Waals surface area contributed by atoms with Gasteiger partial charge >= 0.3 is 0 Å². The smallest absolute Gasteiger partial charge is 0.224 e. The van der Waals surface area contributed by atoms with Gasteiger partial charge in [0.2, 0.25) is 5.91 Å². The van der Waals surface area contributed by atoms with Crippen LogP contribution in [-0.4, -0.2) is 10.9 Å². The number of halogens is 1. The molecule has 2 aromatic carbocycles. The fraction of sp³-hybridized carbons (Fsp3) is 0.211. The molecule has 0 fully saturated rings. The Morgan fingerprint density at radius 2 is 1.91 bits per heavy atom. The number of amides is 1. The second kappa shape index (κ2) is 6.65. The Labute approximate surface area is 134 Å². The van der Waals surface area contributed by atoms with Crippen LogP contribution in [0.4, 0.5) is 10.1 Å². The Morgan fingerprint density at radius 3 is 2.65 bits per heavy atom. The van der Waals surface area contributed by atoms with Crippen LogP contribution in [0.3, 0.4) is 0 Å². The van der Waals surface area contributed by atoms with Gasteiger partial charge in [0.15, 0.2) is 0 Å². The van der Waals surface area contributed by atoms with Crippen molar-refractivity contribution in [2.24, 2.45) is 0 Å². The molecule has 0 aliphatic heterocycles. The molecule has 1 amide bonds. The van der Waals surface area contributed by atoms with Crippen molar-refractivity contribution < 1.29 is 9.18 Å². The number of unbranched alkanes of at least 4 members (excludes halogenated alkanes) is 1. The molecule has 0 saturated heterocycles. The Hall–Kier alpha value is -2.62. The summed E-state index contributed by atoms with van der Waals surface area (Å²) in [7, 11) is 0. The predicted molar refractivity (Wildman–Crippen MR) is 91.8 cm³/mol. The Morgan fingerprint density at radius 1 is 1.13 bits per heavy atom. The van der Waals surface area contributed by atoms with E-state index in [-0.39, 0.29) is 11.7 Å². The van der Waals surface area contributed by atoms with E-state index in [0.717, 1.165) is 40.7 Å². The summed E-state index contributed by atoms with van der Waals surface area (Å²) < 4.78 is 13.3. The maximum absolute atomic E-state index is 13.3. The van der Waals surface area contributed by atoms with Crippen molar-refractivity contribution in [3.63, 3.8) is 0 Å². The van der Waals surface area contributed by atoms with Crippen LogP contribution in [0.2, 0.25) is 0 Å². The topological polar surface area (TPSA) is 44.9 Å². The third-order valence-corrected chi connectivity index (χ3v) is 3.82. The average Bonchev–Trinajstić information content (AvgIpc) is 2.96. The van der Waals surface area contributed by atoms with Gasteiger partial charge in [-0.25, -0.2) is 4.39 Å². The maximum atomic E-state index is 13.3. The van der Waals surface area contributed by atoms with Crippen LogP contribution in [0.5, 0.6) is 0 Å². The summed E-state index contributed by atoms with van der Waals surface area (Å²) in [5.41, 5.74) is 3.61. The number of H-pyrrole nitrogens is 1. The molecule has 1 aromatic heterocycles. The fourth-order valence-corrected chi connectivity index (χ4v) is 2.55. The van der Waals surface area contributed by atoms with Gasteiger partial charge in [0.05, 0.1) is 0 Å². The zero-order valence-corrected chi connectivity index (χ0v) is 13.0. The maximum Gasteiger partial charge on any atom is 0.224 e. The molecular formula is C19H19FN2O. The number of hydrogen-bond acceptors (Lipinski definition) is 1. The monoisotopic (exact) mass is 310 g/mol. The van der Waals surface area contributed by atoms with E-state index in [1.165, 1.54) is 12.1 Å². The summed E-state index contributed by atoms with van der Waals surface area (Å²) in [5, 5.41) is 3.74. The molecule has 0 atom stereocenters. The van der Waals surface area contributed by atoms with Gasteiger partial charge < -0.3 is 10.3 Å². The van der Waals surface area contributed by atoms with Gasteiger partial charge in [-0.3, -0.25) is 4.79 Å². The molecule has 0 radical (unpaired) electrons. The number of rotatable bonds is 5. The highest BCUT2D eigenvalue weighted by molar-refractivity contribution is 5.91. The minimum atomic E-state index is -0.242. The predicted octanol–water partition coefficient (Wildman–Crippen LogP) is 5.10. The minimum absolute atomic E-state index is 0.0423. The van der Waals surface area contributed by atoms with E-state index in [1.54, 1.807) is 6.07 Å². The molecule has 0 spiro atoms. The largest absolute Gasteiger partial charge is 0.355 e. The lowest BCUT2D eigenvalue weighted by Crippen LogP contribution is -2.10. The Kier molecular flexibility index (Phi) is 4.42. The highest BCUT2D eigenvalue weighted by Gasteiger charge is 2.06. The van der Waals surface area contributed by atoms with E-state index < -0.39 is 0 Å². The molecule has 0 aliphatic carbocycles. The zero-order chi connectivity index (χ0) is 16.2. The standard InChI is InChI=1S/C19H19FN2O/c1-2-3-4-19(23)21-16-8-5-13(6-9-16)18-12-14-11-15(20)7-10-17(14)22-18/h5-12,22H,2-4H2,1H3,(H,21,23). The molecule has 0 saturated carbocycles. The van der Waals surface area contributed by atoms with E-state index >= 15 is 0 Å². The SMILES string of the molecule is CCCCC(=O)Nc1ccc(-c2cc3cc(F)ccc3[nH]2)cc1. The highest BCUT2D eigenvalue weighted by atomic mass is 19.1. The summed E-state index contributed by atoms with van der Waals surface area (Å²) in [6, 6.07) is 14.3. The van der Waals surface area contributed by atoms with Gasteiger partial charge in [0, 0.05) is 28.7 Å². The van der Waals surface area contributed by atoms with Gasteiger partial charge in [-0.2, -0.15) is 0 Å². The molecule has 0 bridgehead atoms. The number of aromatic nitrogens is 1. The first-order valence-corrected chi connectivity index (χ1v) is 7.84. The molecule has 3 nitrogen and oxygen atoms in total. The van der Waals surface area contributed by atoms with E-state index in [0.29, 0.717) is 6.42 Å². The summed E-state index contributed by atoms with van der Waals surface area (Å²) >= 11 is 0. The second-order valence-electron chi connectivity index (χ2n) is 5.64. The summed E-state index contributed by atoms with van der Waals surface area (Å²) in [6.07, 6.45) is 2.45. The van der Waals surface area contributed by atoms with Crippen molar-refractivity contribution >= 4 is 22.5 Å². The van der Waals surface area contributed by atoms with Gasteiger partial charge in [-0.15, -0.1) is 0 Å². The van der Waals surface area contributed by atoms with Crippen molar-refractivity contribution in [3.05, 3.63) is 54.3 Å². The highest BCUT2D eigenvalue weighted by Crippen LogP contribution is 2.25. The Bertz CT molecular complexity index is 821. The molecule has 4 heteroatoms. The number of anilines is 1. The molecule has 3 rings (SSSR count). The fourth-order valence-electron chi connectivity index (χ4n) is 2.55. The minimum Gasteiger partial charge on any atom is -0.355 e. The van der Waals surface area contributed by atoms with Crippen molar-refractivity contribution in [1.82, 2.24) is 4.98 Å². The first kappa shape index (κ1) is 15.3. The lowest BCUT2D eigenvalue weighted by atomic mass is 10.1. The van der Waals surface area contributed by atoms with Gasteiger partial charge in [0.1, 0.15) is 5.82 Å². The number of carbonyl (C=O) groups excluding carboxylic acids is 1. The average molecular weight is 310 g/mol. The third-order valence-electron chi connectivity index (χ3n) is 3.82. The van der Waals surface area contributed by atoms with E-state index in [2.05, 4.69) is 17.2 Å². The summed E-state index contributed by atoms with van der Waals surface area (Å²) in [6.45, 7) is 2.06. The summed E-state index contributed by atoms with van der Waals surface area (Å²) in [5.74, 6) is -0.200. The molecule has 0 aliphatic rings. The third kappa shape index (κ3) is 3.59. The lowest BCUT2D eigenvalue weighted by molar-refractivity contribution is -0.116. The number of nitrogens with one attached hydrogen (secondary N) is 2. The number of fused-ring (bicyclic) bond motifs is 1. The molecule has 23 heavy (non-hydrogen) atoms. The number of carbonyl (C=O) groups is 1. The zero-order valence-electron chi connectivity index (χ0n) is 13.0. The molecular weight excluding hydrogens is 291 g/mol. The van der Waals surface area contributed by atoms with Crippen LogP contribution in [0, 0.1) is 5.82 Å². The van der Waals surface area contributed by atoms with E-state index in [1.807, 2.05) is 30.3 Å². The van der Waals surface area contributed by atoms with Crippen molar-refractivity contribution in [1.29, 1.82) is 0 Å². The number of hydrogen-bond donors (Lipinski definition) is 2. The van der Waals surface area contributed by atoms with Gasteiger partial charge in [-0.1, -0.05) is 25.5 Å². The van der Waals surface area contributed by atoms with Crippen molar-refractivity contribution in [3.8, 4) is 11.3 Å². The van der Waals surface area contributed by atoms with Crippen LogP contribution >= 0.6 is 0 Å². The lowest BCUT2D eigenvalue weighted by Gasteiger charge is -2.05. The van der Waals surface area contributed by atoms with Crippen LogP contribution in [0.25, 0.3) is 22.2 Å². The van der Waals surface area contributed by atoms with Gasteiger partial charge in [0.25, 0.3) is 0 Å². The van der Waals surface area contributed by atoms with Crippen molar-refractivity contribution in [2.45, 2.75) is 26.2 Å². The first-order valence-electron chi connectivity index (χ1n) is 7.84. The summed E-state index contributed by atoms with van der Waals surface area (Å²) in [4.78, 5) is 15.0. The second-order valence-corrected chi connectivity index (χ2v) is 5.64.